The van der Waals surface area contributed by atoms with E-state index in [9.17, 15) is 4.79 Å². The molecule has 0 aliphatic carbocycles. The van der Waals surface area contributed by atoms with Crippen LogP contribution in [0.15, 0.2) is 23.6 Å². The van der Waals surface area contributed by atoms with Crippen LogP contribution in [-0.4, -0.2) is 5.24 Å². The van der Waals surface area contributed by atoms with E-state index in [0.29, 0.717) is 12.8 Å². The summed E-state index contributed by atoms with van der Waals surface area (Å²) in [6.07, 6.45) is 1.06. The number of fused-ring (bicyclic) bond motifs is 1. The molecular weight excluding hydrogens is 251 g/mol. The Labute approximate surface area is 102 Å². The van der Waals surface area contributed by atoms with Gasteiger partial charge in [-0.25, -0.2) is 0 Å². The molecule has 1 aromatic carbocycles. The summed E-state index contributed by atoms with van der Waals surface area (Å²) in [5, 5.41) is 3.61. The lowest BCUT2D eigenvalue weighted by Crippen LogP contribution is -1.90. The van der Waals surface area contributed by atoms with E-state index in [1.807, 2.05) is 18.2 Å². The van der Waals surface area contributed by atoms with Crippen LogP contribution in [0.5, 0.6) is 0 Å². The van der Waals surface area contributed by atoms with Crippen molar-refractivity contribution in [3.8, 4) is 0 Å². The second-order valence-corrected chi connectivity index (χ2v) is 5.03. The molecule has 0 saturated heterocycles. The molecule has 0 bridgehead atoms. The van der Waals surface area contributed by atoms with E-state index in [0.717, 1.165) is 16.0 Å². The lowest BCUT2D eigenvalue weighted by Gasteiger charge is -1.97. The van der Waals surface area contributed by atoms with Crippen molar-refractivity contribution in [2.75, 3.05) is 0 Å². The Morgan fingerprint density at radius 2 is 2.20 bits per heavy atom. The maximum Gasteiger partial charge on any atom is 0.221 e. The average molecular weight is 259 g/mol. The lowest BCUT2D eigenvalue weighted by atomic mass is 10.1. The molecule has 0 saturated carbocycles. The van der Waals surface area contributed by atoms with E-state index < -0.39 is 0 Å². The fraction of sp³-hybridized carbons (Fsp3) is 0.182. The number of hydrogen-bond donors (Lipinski definition) is 0. The highest BCUT2D eigenvalue weighted by molar-refractivity contribution is 7.17. The number of aryl methyl sites for hydroxylation is 1. The second kappa shape index (κ2) is 4.52. The maximum absolute atomic E-state index is 10.7. The van der Waals surface area contributed by atoms with E-state index in [1.54, 1.807) is 11.3 Å². The molecule has 15 heavy (non-hydrogen) atoms. The van der Waals surface area contributed by atoms with E-state index >= 15 is 0 Å². The zero-order valence-electron chi connectivity index (χ0n) is 7.80. The Morgan fingerprint density at radius 3 is 2.93 bits per heavy atom. The highest BCUT2D eigenvalue weighted by atomic mass is 35.5. The summed E-state index contributed by atoms with van der Waals surface area (Å²) in [6.45, 7) is 0. The van der Waals surface area contributed by atoms with E-state index in [1.165, 1.54) is 4.70 Å². The average Bonchev–Trinajstić information content (AvgIpc) is 2.57. The molecule has 0 unspecified atom stereocenters. The van der Waals surface area contributed by atoms with Gasteiger partial charge in [0.05, 0.1) is 0 Å². The first-order chi connectivity index (χ1) is 7.16. The van der Waals surface area contributed by atoms with E-state index in [-0.39, 0.29) is 5.24 Å². The van der Waals surface area contributed by atoms with Gasteiger partial charge in [-0.2, -0.15) is 0 Å². The number of hydrogen-bond acceptors (Lipinski definition) is 2. The molecule has 2 aromatic rings. The second-order valence-electron chi connectivity index (χ2n) is 3.26. The van der Waals surface area contributed by atoms with Gasteiger partial charge in [0, 0.05) is 16.1 Å². The SMILES string of the molecule is O=C(Cl)CCc1csc2ccc(Cl)cc12. The van der Waals surface area contributed by atoms with Crippen molar-refractivity contribution < 1.29 is 4.79 Å². The predicted molar refractivity (Wildman–Crippen MR) is 66.0 cm³/mol. The minimum Gasteiger partial charge on any atom is -0.281 e. The van der Waals surface area contributed by atoms with Crippen molar-refractivity contribution in [3.05, 3.63) is 34.2 Å². The number of benzene rings is 1. The fourth-order valence-corrected chi connectivity index (χ4v) is 2.72. The van der Waals surface area contributed by atoms with Gasteiger partial charge in [-0.1, -0.05) is 11.6 Å². The Kier molecular flexibility index (Phi) is 3.29. The number of carbonyl (C=O) groups is 1. The fourth-order valence-electron chi connectivity index (χ4n) is 1.48. The summed E-state index contributed by atoms with van der Waals surface area (Å²) in [7, 11) is 0. The number of rotatable bonds is 3. The van der Waals surface area contributed by atoms with Crippen LogP contribution in [0.25, 0.3) is 10.1 Å². The molecule has 78 valence electrons. The van der Waals surface area contributed by atoms with Gasteiger partial charge in [-0.15, -0.1) is 11.3 Å². The normalized spacial score (nSPS) is 10.8. The molecule has 0 spiro atoms. The van der Waals surface area contributed by atoms with Crippen LogP contribution in [0.2, 0.25) is 5.02 Å². The Bertz CT molecular complexity index is 504. The minimum absolute atomic E-state index is 0.295. The first-order valence-electron chi connectivity index (χ1n) is 4.51. The summed E-state index contributed by atoms with van der Waals surface area (Å²) in [5.41, 5.74) is 1.14. The van der Waals surface area contributed by atoms with Gasteiger partial charge < -0.3 is 0 Å². The molecule has 0 amide bonds. The summed E-state index contributed by atoms with van der Waals surface area (Å²) < 4.78 is 1.19. The van der Waals surface area contributed by atoms with Crippen LogP contribution >= 0.6 is 34.5 Å². The molecule has 0 aliphatic rings. The van der Waals surface area contributed by atoms with E-state index in [2.05, 4.69) is 5.38 Å². The summed E-state index contributed by atoms with van der Waals surface area (Å²) in [6, 6.07) is 5.80. The molecule has 0 radical (unpaired) electrons. The standard InChI is InChI=1S/C11H8Cl2OS/c12-8-2-3-10-9(5-8)7(6-15-10)1-4-11(13)14/h2-3,5-6H,1,4H2. The van der Waals surface area contributed by atoms with Gasteiger partial charge in [-0.05, 0) is 52.6 Å². The smallest absolute Gasteiger partial charge is 0.221 e. The summed E-state index contributed by atoms with van der Waals surface area (Å²) >= 11 is 12.9. The number of thiophene rings is 1. The molecule has 1 aromatic heterocycles. The van der Waals surface area contributed by atoms with Crippen LogP contribution in [0, 0.1) is 0 Å². The molecule has 0 aliphatic heterocycles. The quantitative estimate of drug-likeness (QED) is 0.753. The minimum atomic E-state index is -0.295. The number of halogens is 2. The molecule has 1 nitrogen and oxygen atoms in total. The summed E-state index contributed by atoms with van der Waals surface area (Å²) in [4.78, 5) is 10.7. The van der Waals surface area contributed by atoms with Crippen molar-refractivity contribution in [1.29, 1.82) is 0 Å². The molecular formula is C11H8Cl2OS. The Morgan fingerprint density at radius 1 is 1.40 bits per heavy atom. The van der Waals surface area contributed by atoms with Gasteiger partial charge in [0.1, 0.15) is 0 Å². The van der Waals surface area contributed by atoms with Crippen molar-refractivity contribution in [1.82, 2.24) is 0 Å². The monoisotopic (exact) mass is 258 g/mol. The molecule has 1 heterocycles. The van der Waals surface area contributed by atoms with Crippen LogP contribution in [0.4, 0.5) is 0 Å². The highest BCUT2D eigenvalue weighted by Gasteiger charge is 2.06. The topological polar surface area (TPSA) is 17.1 Å². The zero-order valence-corrected chi connectivity index (χ0v) is 10.1. The largest absolute Gasteiger partial charge is 0.281 e. The van der Waals surface area contributed by atoms with Gasteiger partial charge in [0.2, 0.25) is 5.24 Å². The summed E-state index contributed by atoms with van der Waals surface area (Å²) in [5.74, 6) is 0. The Balaban J connectivity index is 2.35. The number of carbonyl (C=O) groups excluding carboxylic acids is 1. The van der Waals surface area contributed by atoms with Gasteiger partial charge in [0.25, 0.3) is 0 Å². The van der Waals surface area contributed by atoms with Crippen LogP contribution in [0.1, 0.15) is 12.0 Å². The van der Waals surface area contributed by atoms with Crippen molar-refractivity contribution in [3.63, 3.8) is 0 Å². The van der Waals surface area contributed by atoms with Crippen molar-refractivity contribution in [2.24, 2.45) is 0 Å². The van der Waals surface area contributed by atoms with Crippen LogP contribution in [0.3, 0.4) is 0 Å². The Hall–Kier alpha value is -0.570. The highest BCUT2D eigenvalue weighted by Crippen LogP contribution is 2.29. The maximum atomic E-state index is 10.7. The van der Waals surface area contributed by atoms with Gasteiger partial charge >= 0.3 is 0 Å². The van der Waals surface area contributed by atoms with Gasteiger partial charge in [0.15, 0.2) is 0 Å². The van der Waals surface area contributed by atoms with Crippen molar-refractivity contribution >= 4 is 49.9 Å². The van der Waals surface area contributed by atoms with E-state index in [4.69, 9.17) is 23.2 Å². The first kappa shape index (κ1) is 10.9. The molecule has 0 fully saturated rings. The molecule has 0 atom stereocenters. The van der Waals surface area contributed by atoms with Crippen molar-refractivity contribution in [2.45, 2.75) is 12.8 Å². The molecule has 0 N–H and O–H groups in total. The molecule has 2 rings (SSSR count). The lowest BCUT2D eigenvalue weighted by molar-refractivity contribution is -0.111. The third-order valence-electron chi connectivity index (χ3n) is 2.21. The first-order valence-corrected chi connectivity index (χ1v) is 6.14. The van der Waals surface area contributed by atoms with Gasteiger partial charge in [-0.3, -0.25) is 4.79 Å². The molecule has 4 heteroatoms. The predicted octanol–water partition coefficient (Wildman–Crippen LogP) is 4.25. The zero-order chi connectivity index (χ0) is 10.8. The van der Waals surface area contributed by atoms with Crippen LogP contribution < -0.4 is 0 Å². The third kappa shape index (κ3) is 2.51. The third-order valence-corrected chi connectivity index (χ3v) is 3.64. The van der Waals surface area contributed by atoms with Crippen LogP contribution in [-0.2, 0) is 11.2 Å².